The van der Waals surface area contributed by atoms with E-state index >= 15 is 0 Å². The largest absolute Gasteiger partial charge is 0.292 e. The molecule has 0 aliphatic rings. The normalized spacial score (nSPS) is 11.6. The van der Waals surface area contributed by atoms with E-state index in [4.69, 9.17) is 16.9 Å². The van der Waals surface area contributed by atoms with E-state index in [2.05, 4.69) is 20.9 Å². The third-order valence-electron chi connectivity index (χ3n) is 2.56. The molecule has 0 amide bonds. The molecule has 0 saturated carbocycles. The Morgan fingerprint density at radius 1 is 1.26 bits per heavy atom. The second kappa shape index (κ2) is 5.96. The Labute approximate surface area is 124 Å². The average molecular weight is 336 g/mol. The zero-order valence-corrected chi connectivity index (χ0v) is 12.0. The molecule has 19 heavy (non-hydrogen) atoms. The molecule has 5 heteroatoms. The highest BCUT2D eigenvalue weighted by Crippen LogP contribution is 2.27. The summed E-state index contributed by atoms with van der Waals surface area (Å²) in [6.45, 7) is 0. The molecule has 0 radical (unpaired) electrons. The Morgan fingerprint density at radius 3 is 2.47 bits per heavy atom. The molecule has 0 spiro atoms. The number of carbonyl (C=O) groups excluding carboxylic acids is 1. The molecule has 1 atom stereocenters. The highest BCUT2D eigenvalue weighted by Gasteiger charge is 2.19. The van der Waals surface area contributed by atoms with Crippen LogP contribution in [0.25, 0.3) is 0 Å². The van der Waals surface area contributed by atoms with Gasteiger partial charge in [0.05, 0.1) is 0 Å². The minimum Gasteiger partial charge on any atom is -0.292 e. The zero-order chi connectivity index (χ0) is 13.8. The lowest BCUT2D eigenvalue weighted by Gasteiger charge is -2.09. The monoisotopic (exact) mass is 334 g/mol. The maximum Gasteiger partial charge on any atom is 0.182 e. The third kappa shape index (κ3) is 3.19. The van der Waals surface area contributed by atoms with E-state index in [0.717, 1.165) is 5.56 Å². The molecule has 0 bridgehead atoms. The Bertz CT molecular complexity index is 632. The van der Waals surface area contributed by atoms with Crippen LogP contribution in [-0.2, 0) is 0 Å². The standard InChI is InChI=1S/C14H8BrClN2O/c15-13(9-1-4-11(16)5-2-9)14(19)10-3-6-12(7-17)18-8-10/h1-6,8,13H. The summed E-state index contributed by atoms with van der Waals surface area (Å²) in [5.41, 5.74) is 1.56. The first-order valence-electron chi connectivity index (χ1n) is 5.41. The van der Waals surface area contributed by atoms with Crippen molar-refractivity contribution in [3.8, 4) is 6.07 Å². The molecule has 2 rings (SSSR count). The van der Waals surface area contributed by atoms with E-state index in [-0.39, 0.29) is 11.5 Å². The molecular weight excluding hydrogens is 328 g/mol. The predicted molar refractivity (Wildman–Crippen MR) is 76.4 cm³/mol. The molecular formula is C14H8BrClN2O. The molecule has 94 valence electrons. The minimum absolute atomic E-state index is 0.112. The van der Waals surface area contributed by atoms with E-state index in [1.54, 1.807) is 30.3 Å². The van der Waals surface area contributed by atoms with E-state index in [9.17, 15) is 4.79 Å². The number of nitrogens with zero attached hydrogens (tertiary/aromatic N) is 2. The number of hydrogen-bond acceptors (Lipinski definition) is 3. The Morgan fingerprint density at radius 2 is 1.95 bits per heavy atom. The fraction of sp³-hybridized carbons (Fsp3) is 0.0714. The van der Waals surface area contributed by atoms with Crippen molar-refractivity contribution < 1.29 is 4.79 Å². The molecule has 0 aliphatic carbocycles. The number of ketones is 1. The van der Waals surface area contributed by atoms with Gasteiger partial charge in [-0.05, 0) is 29.8 Å². The van der Waals surface area contributed by atoms with Crippen LogP contribution in [-0.4, -0.2) is 10.8 Å². The quantitative estimate of drug-likeness (QED) is 0.631. The Hall–Kier alpha value is -1.70. The van der Waals surface area contributed by atoms with Gasteiger partial charge in [0, 0.05) is 16.8 Å². The lowest BCUT2D eigenvalue weighted by atomic mass is 10.0. The number of nitriles is 1. The van der Waals surface area contributed by atoms with Crippen molar-refractivity contribution in [1.29, 1.82) is 5.26 Å². The van der Waals surface area contributed by atoms with Gasteiger partial charge in [-0.2, -0.15) is 5.26 Å². The van der Waals surface area contributed by atoms with Crippen LogP contribution >= 0.6 is 27.5 Å². The molecule has 2 aromatic rings. The Kier molecular flexibility index (Phi) is 4.31. The summed E-state index contributed by atoms with van der Waals surface area (Å²) in [4.78, 5) is 15.7. The number of pyridine rings is 1. The van der Waals surface area contributed by atoms with Crippen LogP contribution in [0.3, 0.4) is 0 Å². The van der Waals surface area contributed by atoms with Crippen LogP contribution in [0.5, 0.6) is 0 Å². The number of alkyl halides is 1. The van der Waals surface area contributed by atoms with Crippen molar-refractivity contribution in [3.63, 3.8) is 0 Å². The summed E-state index contributed by atoms with van der Waals surface area (Å²) < 4.78 is 0. The first-order valence-corrected chi connectivity index (χ1v) is 6.71. The van der Waals surface area contributed by atoms with Crippen molar-refractivity contribution in [2.45, 2.75) is 4.83 Å². The van der Waals surface area contributed by atoms with Crippen LogP contribution in [0.1, 0.15) is 26.4 Å². The van der Waals surface area contributed by atoms with E-state index in [1.165, 1.54) is 12.3 Å². The van der Waals surface area contributed by atoms with Crippen LogP contribution in [0.15, 0.2) is 42.6 Å². The zero-order valence-electron chi connectivity index (χ0n) is 9.68. The number of rotatable bonds is 3. The second-order valence-electron chi connectivity index (χ2n) is 3.82. The van der Waals surface area contributed by atoms with Crippen molar-refractivity contribution in [2.75, 3.05) is 0 Å². The molecule has 0 N–H and O–H groups in total. The van der Waals surface area contributed by atoms with Gasteiger partial charge in [0.1, 0.15) is 16.6 Å². The lowest BCUT2D eigenvalue weighted by molar-refractivity contribution is 0.0991. The minimum atomic E-state index is -0.459. The molecule has 1 aromatic carbocycles. The van der Waals surface area contributed by atoms with Crippen molar-refractivity contribution >= 4 is 33.3 Å². The van der Waals surface area contributed by atoms with Crippen LogP contribution < -0.4 is 0 Å². The first-order chi connectivity index (χ1) is 9.11. The molecule has 0 aliphatic heterocycles. The summed E-state index contributed by atoms with van der Waals surface area (Å²) in [7, 11) is 0. The van der Waals surface area contributed by atoms with Crippen molar-refractivity contribution in [3.05, 3.63) is 64.4 Å². The average Bonchev–Trinajstić information content (AvgIpc) is 2.46. The maximum atomic E-state index is 12.2. The number of carbonyl (C=O) groups is 1. The predicted octanol–water partition coefficient (Wildman–Crippen LogP) is 3.93. The van der Waals surface area contributed by atoms with Crippen LogP contribution in [0.4, 0.5) is 0 Å². The number of hydrogen-bond donors (Lipinski definition) is 0. The first kappa shape index (κ1) is 13.7. The van der Waals surface area contributed by atoms with E-state index < -0.39 is 4.83 Å². The van der Waals surface area contributed by atoms with Gasteiger partial charge < -0.3 is 0 Å². The van der Waals surface area contributed by atoms with Gasteiger partial charge >= 0.3 is 0 Å². The summed E-state index contributed by atoms with van der Waals surface area (Å²) in [6, 6.07) is 12.1. The van der Waals surface area contributed by atoms with Gasteiger partial charge in [0.2, 0.25) is 0 Å². The molecule has 1 aromatic heterocycles. The van der Waals surface area contributed by atoms with Crippen LogP contribution in [0.2, 0.25) is 5.02 Å². The van der Waals surface area contributed by atoms with E-state index in [0.29, 0.717) is 10.6 Å². The second-order valence-corrected chi connectivity index (χ2v) is 5.17. The highest BCUT2D eigenvalue weighted by atomic mass is 79.9. The summed E-state index contributed by atoms with van der Waals surface area (Å²) in [5.74, 6) is -0.112. The molecule has 0 saturated heterocycles. The van der Waals surface area contributed by atoms with Gasteiger partial charge in [-0.15, -0.1) is 0 Å². The summed E-state index contributed by atoms with van der Waals surface area (Å²) >= 11 is 9.17. The Balaban J connectivity index is 2.23. The molecule has 1 heterocycles. The van der Waals surface area contributed by atoms with Gasteiger partial charge in [-0.1, -0.05) is 39.7 Å². The fourth-order valence-corrected chi connectivity index (χ4v) is 2.23. The van der Waals surface area contributed by atoms with Crippen LogP contribution in [0, 0.1) is 11.3 Å². The van der Waals surface area contributed by atoms with E-state index in [1.807, 2.05) is 6.07 Å². The van der Waals surface area contributed by atoms with Crippen molar-refractivity contribution in [2.24, 2.45) is 0 Å². The van der Waals surface area contributed by atoms with Gasteiger partial charge in [0.15, 0.2) is 5.78 Å². The topological polar surface area (TPSA) is 53.8 Å². The summed E-state index contributed by atoms with van der Waals surface area (Å²) in [5, 5.41) is 9.28. The number of benzene rings is 1. The SMILES string of the molecule is N#Cc1ccc(C(=O)C(Br)c2ccc(Cl)cc2)cn1. The number of halogens is 2. The summed E-state index contributed by atoms with van der Waals surface area (Å²) in [6.07, 6.45) is 1.41. The molecule has 1 unspecified atom stereocenters. The van der Waals surface area contributed by atoms with Gasteiger partial charge in [-0.25, -0.2) is 4.98 Å². The molecule has 3 nitrogen and oxygen atoms in total. The smallest absolute Gasteiger partial charge is 0.182 e. The van der Waals surface area contributed by atoms with Gasteiger partial charge in [-0.3, -0.25) is 4.79 Å². The third-order valence-corrected chi connectivity index (χ3v) is 3.75. The maximum absolute atomic E-state index is 12.2. The number of Topliss-reactive ketones (excluding diaryl/α,β-unsaturated/α-hetero) is 1. The highest BCUT2D eigenvalue weighted by molar-refractivity contribution is 9.09. The number of aromatic nitrogens is 1. The molecule has 0 fully saturated rings. The fourth-order valence-electron chi connectivity index (χ4n) is 1.54. The lowest BCUT2D eigenvalue weighted by Crippen LogP contribution is -2.07. The van der Waals surface area contributed by atoms with Crippen molar-refractivity contribution in [1.82, 2.24) is 4.98 Å². The van der Waals surface area contributed by atoms with Gasteiger partial charge in [0.25, 0.3) is 0 Å².